The number of nitrogens with zero attached hydrogens (tertiary/aromatic N) is 1. The van der Waals surface area contributed by atoms with Crippen LogP contribution in [0.4, 0.5) is 4.39 Å². The Labute approximate surface area is 101 Å². The van der Waals surface area contributed by atoms with E-state index in [9.17, 15) is 4.39 Å². The van der Waals surface area contributed by atoms with Crippen molar-refractivity contribution in [1.29, 1.82) is 0 Å². The van der Waals surface area contributed by atoms with Crippen molar-refractivity contribution in [2.45, 2.75) is 13.0 Å². The molecule has 0 aliphatic carbocycles. The lowest BCUT2D eigenvalue weighted by atomic mass is 9.96. The molecule has 0 saturated heterocycles. The maximum Gasteiger partial charge on any atom is 0.128 e. The third kappa shape index (κ3) is 2.34. The summed E-state index contributed by atoms with van der Waals surface area (Å²) in [5.41, 5.74) is 2.76. The number of hydrogen-bond acceptors (Lipinski definition) is 2. The molecule has 1 heterocycles. The summed E-state index contributed by atoms with van der Waals surface area (Å²) in [6, 6.07) is 8.61. The molecule has 2 rings (SSSR count). The molecule has 0 amide bonds. The summed E-state index contributed by atoms with van der Waals surface area (Å²) in [5, 5.41) is 3.15. The van der Waals surface area contributed by atoms with Crippen molar-refractivity contribution in [2.24, 2.45) is 0 Å². The number of nitrogens with one attached hydrogen (secondary N) is 1. The minimum absolute atomic E-state index is 0.140. The zero-order valence-corrected chi connectivity index (χ0v) is 9.94. The first kappa shape index (κ1) is 11.7. The second-order valence-electron chi connectivity index (χ2n) is 3.98. The van der Waals surface area contributed by atoms with Gasteiger partial charge in [-0.05, 0) is 37.2 Å². The van der Waals surface area contributed by atoms with E-state index in [1.54, 1.807) is 24.5 Å². The van der Waals surface area contributed by atoms with Gasteiger partial charge in [-0.3, -0.25) is 4.98 Å². The summed E-state index contributed by atoms with van der Waals surface area (Å²) < 4.78 is 13.8. The van der Waals surface area contributed by atoms with Gasteiger partial charge in [0.15, 0.2) is 0 Å². The van der Waals surface area contributed by atoms with Gasteiger partial charge in [-0.2, -0.15) is 0 Å². The zero-order chi connectivity index (χ0) is 12.3. The highest BCUT2D eigenvalue weighted by molar-refractivity contribution is 5.35. The zero-order valence-electron chi connectivity index (χ0n) is 9.94. The highest BCUT2D eigenvalue weighted by Crippen LogP contribution is 2.25. The number of aromatic nitrogens is 1. The Balaban J connectivity index is 2.48. The third-order valence-electron chi connectivity index (χ3n) is 2.88. The Kier molecular flexibility index (Phi) is 3.49. The van der Waals surface area contributed by atoms with Crippen molar-refractivity contribution in [3.63, 3.8) is 0 Å². The Morgan fingerprint density at radius 3 is 2.59 bits per heavy atom. The average Bonchev–Trinajstić information content (AvgIpc) is 2.34. The summed E-state index contributed by atoms with van der Waals surface area (Å²) in [4.78, 5) is 4.06. The van der Waals surface area contributed by atoms with E-state index in [-0.39, 0.29) is 11.9 Å². The third-order valence-corrected chi connectivity index (χ3v) is 2.88. The molecule has 0 saturated carbocycles. The largest absolute Gasteiger partial charge is 0.309 e. The van der Waals surface area contributed by atoms with Crippen LogP contribution in [0, 0.1) is 12.7 Å². The van der Waals surface area contributed by atoms with Gasteiger partial charge in [-0.25, -0.2) is 4.39 Å². The molecule has 1 atom stereocenters. The molecule has 0 fully saturated rings. The van der Waals surface area contributed by atoms with Crippen LogP contribution in [0.2, 0.25) is 0 Å². The smallest absolute Gasteiger partial charge is 0.128 e. The summed E-state index contributed by atoms with van der Waals surface area (Å²) in [6.45, 7) is 1.98. The lowest BCUT2D eigenvalue weighted by Crippen LogP contribution is -2.19. The van der Waals surface area contributed by atoms with Gasteiger partial charge < -0.3 is 5.32 Å². The van der Waals surface area contributed by atoms with Crippen molar-refractivity contribution >= 4 is 0 Å². The number of rotatable bonds is 3. The fraction of sp³-hybridized carbons (Fsp3) is 0.214. The minimum Gasteiger partial charge on any atom is -0.309 e. The molecule has 0 spiro atoms. The predicted molar refractivity (Wildman–Crippen MR) is 66.3 cm³/mol. The quantitative estimate of drug-likeness (QED) is 0.877. The molecule has 0 bridgehead atoms. The van der Waals surface area contributed by atoms with Crippen LogP contribution in [0.5, 0.6) is 0 Å². The Hall–Kier alpha value is -1.74. The number of aryl methyl sites for hydroxylation is 1. The predicted octanol–water partition coefficient (Wildman–Crippen LogP) is 2.84. The van der Waals surface area contributed by atoms with E-state index in [0.29, 0.717) is 5.56 Å². The van der Waals surface area contributed by atoms with Gasteiger partial charge in [0.1, 0.15) is 5.82 Å². The molecular formula is C14H15FN2. The van der Waals surface area contributed by atoms with E-state index in [1.165, 1.54) is 6.07 Å². The fourth-order valence-electron chi connectivity index (χ4n) is 2.00. The number of hydrogen-bond donors (Lipinski definition) is 1. The monoisotopic (exact) mass is 230 g/mol. The Morgan fingerprint density at radius 2 is 1.94 bits per heavy atom. The van der Waals surface area contributed by atoms with Gasteiger partial charge in [-0.1, -0.05) is 18.2 Å². The molecule has 88 valence electrons. The van der Waals surface area contributed by atoms with E-state index in [0.717, 1.165) is 11.1 Å². The highest BCUT2D eigenvalue weighted by atomic mass is 19.1. The fourth-order valence-corrected chi connectivity index (χ4v) is 2.00. The SMILES string of the molecule is CNC(c1ccncc1C)c1ccccc1F. The van der Waals surface area contributed by atoms with E-state index < -0.39 is 0 Å². The van der Waals surface area contributed by atoms with Crippen LogP contribution in [-0.4, -0.2) is 12.0 Å². The van der Waals surface area contributed by atoms with Crippen LogP contribution in [0.15, 0.2) is 42.7 Å². The van der Waals surface area contributed by atoms with E-state index in [4.69, 9.17) is 0 Å². The van der Waals surface area contributed by atoms with E-state index in [1.807, 2.05) is 26.1 Å². The molecule has 2 aromatic rings. The topological polar surface area (TPSA) is 24.9 Å². The highest BCUT2D eigenvalue weighted by Gasteiger charge is 2.17. The van der Waals surface area contributed by atoms with Gasteiger partial charge in [0.2, 0.25) is 0 Å². The average molecular weight is 230 g/mol. The summed E-state index contributed by atoms with van der Waals surface area (Å²) >= 11 is 0. The number of benzene rings is 1. The molecule has 2 nitrogen and oxygen atoms in total. The summed E-state index contributed by atoms with van der Waals surface area (Å²) in [5.74, 6) is -0.192. The normalized spacial score (nSPS) is 12.4. The Bertz CT molecular complexity index is 466. The molecule has 1 unspecified atom stereocenters. The van der Waals surface area contributed by atoms with Gasteiger partial charge in [0.05, 0.1) is 6.04 Å². The molecule has 17 heavy (non-hydrogen) atoms. The van der Waals surface area contributed by atoms with Crippen LogP contribution in [0.3, 0.4) is 0 Å². The molecular weight excluding hydrogens is 215 g/mol. The van der Waals surface area contributed by atoms with Crippen LogP contribution in [0.25, 0.3) is 0 Å². The number of pyridine rings is 1. The van der Waals surface area contributed by atoms with Crippen molar-refractivity contribution in [2.75, 3.05) is 7.05 Å². The minimum atomic E-state index is -0.192. The maximum absolute atomic E-state index is 13.8. The molecule has 1 aromatic heterocycles. The van der Waals surface area contributed by atoms with Crippen LogP contribution in [0.1, 0.15) is 22.7 Å². The van der Waals surface area contributed by atoms with Gasteiger partial charge >= 0.3 is 0 Å². The van der Waals surface area contributed by atoms with E-state index >= 15 is 0 Å². The molecule has 1 aromatic carbocycles. The van der Waals surface area contributed by atoms with E-state index in [2.05, 4.69) is 10.3 Å². The molecule has 0 radical (unpaired) electrons. The number of halogens is 1. The molecule has 1 N–H and O–H groups in total. The Morgan fingerprint density at radius 1 is 1.18 bits per heavy atom. The second-order valence-corrected chi connectivity index (χ2v) is 3.98. The van der Waals surface area contributed by atoms with Crippen molar-refractivity contribution in [3.8, 4) is 0 Å². The lowest BCUT2D eigenvalue weighted by Gasteiger charge is -2.19. The van der Waals surface area contributed by atoms with Crippen molar-refractivity contribution in [1.82, 2.24) is 10.3 Å². The second kappa shape index (κ2) is 5.06. The molecule has 0 aliphatic rings. The first-order valence-electron chi connectivity index (χ1n) is 5.56. The first-order chi connectivity index (χ1) is 8.24. The van der Waals surface area contributed by atoms with Crippen molar-refractivity contribution < 1.29 is 4.39 Å². The van der Waals surface area contributed by atoms with Crippen LogP contribution in [-0.2, 0) is 0 Å². The van der Waals surface area contributed by atoms with Crippen molar-refractivity contribution in [3.05, 3.63) is 65.2 Å². The molecule has 0 aliphatic heterocycles. The summed E-state index contributed by atoms with van der Waals surface area (Å²) in [7, 11) is 1.83. The van der Waals surface area contributed by atoms with Gasteiger partial charge in [0, 0.05) is 18.0 Å². The molecule has 3 heteroatoms. The maximum atomic E-state index is 13.8. The standard InChI is InChI=1S/C14H15FN2/c1-10-9-17-8-7-11(10)14(16-2)12-5-3-4-6-13(12)15/h3-9,14,16H,1-2H3. The lowest BCUT2D eigenvalue weighted by molar-refractivity contribution is 0.575. The van der Waals surface area contributed by atoms with Gasteiger partial charge in [-0.15, -0.1) is 0 Å². The van der Waals surface area contributed by atoms with Crippen LogP contribution < -0.4 is 5.32 Å². The summed E-state index contributed by atoms with van der Waals surface area (Å²) in [6.07, 6.45) is 3.52. The first-order valence-corrected chi connectivity index (χ1v) is 5.56. The van der Waals surface area contributed by atoms with Gasteiger partial charge in [0.25, 0.3) is 0 Å². The van der Waals surface area contributed by atoms with Crippen LogP contribution >= 0.6 is 0 Å².